The summed E-state index contributed by atoms with van der Waals surface area (Å²) in [5.41, 5.74) is 6.68. The lowest BCUT2D eigenvalue weighted by molar-refractivity contribution is -0.384. The molecule has 0 radical (unpaired) electrons. The molecule has 154 valence electrons. The number of aromatic nitrogens is 2. The van der Waals surface area contributed by atoms with Crippen molar-refractivity contribution in [3.05, 3.63) is 125 Å². The molecule has 1 heterocycles. The van der Waals surface area contributed by atoms with Gasteiger partial charge in [-0.1, -0.05) is 91.0 Å². The van der Waals surface area contributed by atoms with Crippen LogP contribution in [0, 0.1) is 10.1 Å². The summed E-state index contributed by atoms with van der Waals surface area (Å²) in [7, 11) is 0. The Bertz CT molecular complexity index is 1360. The van der Waals surface area contributed by atoms with E-state index in [4.69, 9.17) is 5.10 Å². The summed E-state index contributed by atoms with van der Waals surface area (Å²) in [4.78, 5) is 10.8. The quantitative estimate of drug-likeness (QED) is 0.234. The van der Waals surface area contributed by atoms with Crippen LogP contribution in [0.25, 0.3) is 39.3 Å². The van der Waals surface area contributed by atoms with E-state index in [1.54, 1.807) is 12.1 Å². The van der Waals surface area contributed by atoms with Gasteiger partial charge in [0.15, 0.2) is 0 Å². The molecule has 0 saturated carbocycles. The molecule has 0 spiro atoms. The normalized spacial score (nSPS) is 10.8. The van der Waals surface area contributed by atoms with Crippen molar-refractivity contribution < 1.29 is 4.92 Å². The third-order valence-electron chi connectivity index (χ3n) is 5.35. The van der Waals surface area contributed by atoms with E-state index in [0.717, 1.165) is 39.3 Å². The molecule has 1 aromatic heterocycles. The van der Waals surface area contributed by atoms with Crippen molar-refractivity contribution in [2.24, 2.45) is 0 Å². The van der Waals surface area contributed by atoms with E-state index < -0.39 is 4.92 Å². The van der Waals surface area contributed by atoms with Crippen LogP contribution < -0.4 is 0 Å². The number of non-ortho nitro benzene ring substituents is 1. The molecular formula is C27H19N3O2. The summed E-state index contributed by atoms with van der Waals surface area (Å²) >= 11 is 0. The highest BCUT2D eigenvalue weighted by molar-refractivity contribution is 5.92. The van der Waals surface area contributed by atoms with Gasteiger partial charge >= 0.3 is 0 Å². The van der Waals surface area contributed by atoms with Gasteiger partial charge in [0.2, 0.25) is 0 Å². The molecule has 0 unspecified atom stereocenters. The summed E-state index contributed by atoms with van der Waals surface area (Å²) in [6, 6.07) is 36.8. The molecule has 4 aromatic carbocycles. The summed E-state index contributed by atoms with van der Waals surface area (Å²) in [6.45, 7) is 0. The van der Waals surface area contributed by atoms with Gasteiger partial charge in [-0.3, -0.25) is 10.1 Å². The van der Waals surface area contributed by atoms with Crippen molar-refractivity contribution in [2.75, 3.05) is 0 Å². The number of nitro benzene ring substituents is 1. The Labute approximate surface area is 185 Å². The average Bonchev–Trinajstić information content (AvgIpc) is 3.26. The van der Waals surface area contributed by atoms with Crippen LogP contribution in [0.5, 0.6) is 0 Å². The monoisotopic (exact) mass is 417 g/mol. The molecule has 5 rings (SSSR count). The number of nitro groups is 1. The van der Waals surface area contributed by atoms with E-state index in [0.29, 0.717) is 0 Å². The van der Waals surface area contributed by atoms with Gasteiger partial charge in [-0.15, -0.1) is 0 Å². The number of benzene rings is 4. The van der Waals surface area contributed by atoms with Crippen LogP contribution in [0.2, 0.25) is 0 Å². The molecular weight excluding hydrogens is 398 g/mol. The maximum atomic E-state index is 11.1. The van der Waals surface area contributed by atoms with Gasteiger partial charge < -0.3 is 0 Å². The number of rotatable bonds is 5. The lowest BCUT2D eigenvalue weighted by Gasteiger charge is -2.11. The Balaban J connectivity index is 1.84. The first-order valence-corrected chi connectivity index (χ1v) is 10.3. The van der Waals surface area contributed by atoms with Crippen molar-refractivity contribution in [3.8, 4) is 39.3 Å². The number of nitrogens with zero attached hydrogens (tertiary/aromatic N) is 3. The molecule has 0 bridgehead atoms. The molecule has 0 fully saturated rings. The minimum atomic E-state index is -0.393. The predicted molar refractivity (Wildman–Crippen MR) is 127 cm³/mol. The molecule has 5 nitrogen and oxygen atoms in total. The van der Waals surface area contributed by atoms with Gasteiger partial charge in [0, 0.05) is 28.8 Å². The molecule has 0 aliphatic heterocycles. The first kappa shape index (κ1) is 19.5. The maximum Gasteiger partial charge on any atom is 0.269 e. The third kappa shape index (κ3) is 3.56. The third-order valence-corrected chi connectivity index (χ3v) is 5.35. The molecule has 5 heteroatoms. The highest BCUT2D eigenvalue weighted by atomic mass is 16.6. The molecule has 0 aliphatic rings. The average molecular weight is 417 g/mol. The standard InChI is InChI=1S/C27H19N3O2/c31-30(32)24-18-16-23(17-19-24)29-27(22-14-8-3-9-15-22)25(20-10-4-1-5-11-20)26(28-29)21-12-6-2-7-13-21/h1-19H. The SMILES string of the molecule is O=[N+]([O-])c1ccc(-n2nc(-c3ccccc3)c(-c3ccccc3)c2-c2ccccc2)cc1. The molecule has 0 N–H and O–H groups in total. The van der Waals surface area contributed by atoms with Gasteiger partial charge in [-0.2, -0.15) is 5.10 Å². The van der Waals surface area contributed by atoms with Crippen molar-refractivity contribution >= 4 is 5.69 Å². The van der Waals surface area contributed by atoms with E-state index >= 15 is 0 Å². The Morgan fingerprint density at radius 3 is 1.66 bits per heavy atom. The van der Waals surface area contributed by atoms with Gasteiger partial charge in [0.25, 0.3) is 5.69 Å². The molecule has 0 aliphatic carbocycles. The number of hydrogen-bond acceptors (Lipinski definition) is 3. The van der Waals surface area contributed by atoms with Crippen LogP contribution in [0.4, 0.5) is 5.69 Å². The highest BCUT2D eigenvalue weighted by Crippen LogP contribution is 2.41. The molecule has 0 atom stereocenters. The molecule has 0 amide bonds. The Hall–Kier alpha value is -4.51. The second kappa shape index (κ2) is 8.32. The Morgan fingerprint density at radius 1 is 0.625 bits per heavy atom. The van der Waals surface area contributed by atoms with Gasteiger partial charge in [-0.25, -0.2) is 4.68 Å². The zero-order valence-electron chi connectivity index (χ0n) is 17.1. The van der Waals surface area contributed by atoms with Crippen LogP contribution >= 0.6 is 0 Å². The second-order valence-electron chi connectivity index (χ2n) is 7.36. The summed E-state index contributed by atoms with van der Waals surface area (Å²) in [6.07, 6.45) is 0. The van der Waals surface area contributed by atoms with E-state index in [9.17, 15) is 10.1 Å². The Kier molecular flexibility index (Phi) is 5.06. The first-order chi connectivity index (χ1) is 15.7. The zero-order chi connectivity index (χ0) is 21.9. The van der Waals surface area contributed by atoms with Crippen LogP contribution in [-0.4, -0.2) is 14.7 Å². The van der Waals surface area contributed by atoms with E-state index in [1.807, 2.05) is 71.4 Å². The minimum absolute atomic E-state index is 0.0498. The van der Waals surface area contributed by atoms with Crippen molar-refractivity contribution in [1.29, 1.82) is 0 Å². The van der Waals surface area contributed by atoms with Crippen molar-refractivity contribution in [2.45, 2.75) is 0 Å². The molecule has 0 saturated heterocycles. The smallest absolute Gasteiger partial charge is 0.258 e. The van der Waals surface area contributed by atoms with Gasteiger partial charge in [0.1, 0.15) is 5.69 Å². The number of hydrogen-bond donors (Lipinski definition) is 0. The first-order valence-electron chi connectivity index (χ1n) is 10.3. The van der Waals surface area contributed by atoms with Gasteiger partial charge in [-0.05, 0) is 17.7 Å². The lowest BCUT2D eigenvalue weighted by atomic mass is 9.96. The van der Waals surface area contributed by atoms with Crippen LogP contribution in [0.3, 0.4) is 0 Å². The maximum absolute atomic E-state index is 11.1. The lowest BCUT2D eigenvalue weighted by Crippen LogP contribution is -2.00. The van der Waals surface area contributed by atoms with E-state index in [1.165, 1.54) is 12.1 Å². The van der Waals surface area contributed by atoms with Crippen molar-refractivity contribution in [3.63, 3.8) is 0 Å². The fourth-order valence-electron chi connectivity index (χ4n) is 3.86. The van der Waals surface area contributed by atoms with E-state index in [2.05, 4.69) is 24.3 Å². The fourth-order valence-corrected chi connectivity index (χ4v) is 3.86. The highest BCUT2D eigenvalue weighted by Gasteiger charge is 2.23. The summed E-state index contributed by atoms with van der Waals surface area (Å²) in [5, 5.41) is 16.2. The van der Waals surface area contributed by atoms with Crippen LogP contribution in [0.15, 0.2) is 115 Å². The van der Waals surface area contributed by atoms with Crippen LogP contribution in [0.1, 0.15) is 0 Å². The van der Waals surface area contributed by atoms with Crippen LogP contribution in [-0.2, 0) is 0 Å². The van der Waals surface area contributed by atoms with Crippen molar-refractivity contribution in [1.82, 2.24) is 9.78 Å². The Morgan fingerprint density at radius 2 is 1.12 bits per heavy atom. The molecule has 5 aromatic rings. The molecule has 32 heavy (non-hydrogen) atoms. The largest absolute Gasteiger partial charge is 0.269 e. The topological polar surface area (TPSA) is 61.0 Å². The van der Waals surface area contributed by atoms with Gasteiger partial charge in [0.05, 0.1) is 16.3 Å². The minimum Gasteiger partial charge on any atom is -0.258 e. The zero-order valence-corrected chi connectivity index (χ0v) is 17.1. The fraction of sp³-hybridized carbons (Fsp3) is 0. The van der Waals surface area contributed by atoms with E-state index in [-0.39, 0.29) is 5.69 Å². The second-order valence-corrected chi connectivity index (χ2v) is 7.36. The predicted octanol–water partition coefficient (Wildman–Crippen LogP) is 6.78. The summed E-state index contributed by atoms with van der Waals surface area (Å²) in [5.74, 6) is 0. The summed E-state index contributed by atoms with van der Waals surface area (Å²) < 4.78 is 1.88.